The van der Waals surface area contributed by atoms with Gasteiger partial charge in [-0.15, -0.1) is 11.3 Å². The molecule has 3 rings (SSSR count). The number of rotatable bonds is 8. The topological polar surface area (TPSA) is 85.2 Å². The Labute approximate surface area is 168 Å². The first kappa shape index (κ1) is 20.2. The first-order chi connectivity index (χ1) is 13.7. The van der Waals surface area contributed by atoms with Crippen molar-refractivity contribution in [3.8, 4) is 5.75 Å². The summed E-state index contributed by atoms with van der Waals surface area (Å²) in [7, 11) is 1.56. The van der Waals surface area contributed by atoms with Gasteiger partial charge in [0.05, 0.1) is 33.4 Å². The van der Waals surface area contributed by atoms with Crippen LogP contribution in [0.5, 0.6) is 5.75 Å². The second-order valence-corrected chi connectivity index (χ2v) is 7.35. The van der Waals surface area contributed by atoms with Crippen LogP contribution in [0, 0.1) is 0 Å². The summed E-state index contributed by atoms with van der Waals surface area (Å²) in [5.74, 6) is 0.154. The quantitative estimate of drug-likeness (QED) is 0.653. The highest BCUT2D eigenvalue weighted by Crippen LogP contribution is 2.15. The summed E-state index contributed by atoms with van der Waals surface area (Å²) in [5.41, 5.74) is 0.498. The van der Waals surface area contributed by atoms with E-state index in [4.69, 9.17) is 9.47 Å². The lowest BCUT2D eigenvalue weighted by Gasteiger charge is -2.27. The SMILES string of the molecule is COc1cccc(C(=O)N(CC[NH+]2CCOCC2)CC(=O)Nc2nccs2)c1. The Bertz CT molecular complexity index is 778. The Morgan fingerprint density at radius 3 is 2.89 bits per heavy atom. The van der Waals surface area contributed by atoms with Crippen molar-refractivity contribution in [2.75, 3.05) is 58.4 Å². The summed E-state index contributed by atoms with van der Waals surface area (Å²) in [4.78, 5) is 32.5. The van der Waals surface area contributed by atoms with Gasteiger partial charge in [-0.2, -0.15) is 0 Å². The Hall–Kier alpha value is -2.49. The van der Waals surface area contributed by atoms with Gasteiger partial charge in [0.1, 0.15) is 25.4 Å². The molecule has 0 atom stereocenters. The van der Waals surface area contributed by atoms with E-state index in [1.807, 2.05) is 0 Å². The number of morpholine rings is 1. The molecule has 2 aromatic rings. The Kier molecular flexibility index (Phi) is 7.35. The van der Waals surface area contributed by atoms with Crippen LogP contribution in [-0.4, -0.2) is 74.7 Å². The Balaban J connectivity index is 1.68. The number of amides is 2. The molecule has 1 aliphatic rings. The third-order valence-corrected chi connectivity index (χ3v) is 5.24. The zero-order chi connectivity index (χ0) is 19.8. The van der Waals surface area contributed by atoms with Gasteiger partial charge in [-0.1, -0.05) is 6.07 Å². The standard InChI is InChI=1S/C19H24N4O4S/c1-26-16-4-2-3-15(13-16)18(25)23(7-6-22-8-10-27-11-9-22)14-17(24)21-19-20-5-12-28-19/h2-5,12-13H,6-11,14H2,1H3,(H,20,21,24)/p+1. The summed E-state index contributed by atoms with van der Waals surface area (Å²) in [6.45, 7) is 4.49. The van der Waals surface area contributed by atoms with Crippen molar-refractivity contribution in [2.45, 2.75) is 0 Å². The van der Waals surface area contributed by atoms with Gasteiger partial charge >= 0.3 is 0 Å². The van der Waals surface area contributed by atoms with Crippen molar-refractivity contribution in [3.05, 3.63) is 41.4 Å². The summed E-state index contributed by atoms with van der Waals surface area (Å²) in [6.07, 6.45) is 1.63. The second-order valence-electron chi connectivity index (χ2n) is 6.46. The lowest BCUT2D eigenvalue weighted by Crippen LogP contribution is -3.14. The number of thiazole rings is 1. The number of methoxy groups -OCH3 is 1. The monoisotopic (exact) mass is 405 g/mol. The van der Waals surface area contributed by atoms with E-state index >= 15 is 0 Å². The van der Waals surface area contributed by atoms with E-state index in [1.165, 1.54) is 16.2 Å². The number of nitrogens with one attached hydrogen (secondary N) is 2. The van der Waals surface area contributed by atoms with Crippen molar-refractivity contribution in [3.63, 3.8) is 0 Å². The number of carbonyl (C=O) groups is 2. The van der Waals surface area contributed by atoms with Gasteiger partial charge in [-0.25, -0.2) is 4.98 Å². The van der Waals surface area contributed by atoms with Crippen LogP contribution in [0.25, 0.3) is 0 Å². The lowest BCUT2D eigenvalue weighted by atomic mass is 10.2. The van der Waals surface area contributed by atoms with Crippen LogP contribution in [0.15, 0.2) is 35.8 Å². The molecule has 2 N–H and O–H groups in total. The molecule has 1 aromatic heterocycles. The van der Waals surface area contributed by atoms with Gasteiger partial charge in [0.15, 0.2) is 5.13 Å². The van der Waals surface area contributed by atoms with Crippen LogP contribution in [0.3, 0.4) is 0 Å². The molecule has 1 aromatic carbocycles. The molecule has 0 spiro atoms. The van der Waals surface area contributed by atoms with Gasteiger partial charge in [0, 0.05) is 17.1 Å². The van der Waals surface area contributed by atoms with Crippen LogP contribution < -0.4 is 15.0 Å². The summed E-state index contributed by atoms with van der Waals surface area (Å²) in [6, 6.07) is 6.98. The summed E-state index contributed by atoms with van der Waals surface area (Å²) < 4.78 is 10.6. The molecule has 0 aliphatic carbocycles. The molecule has 8 nitrogen and oxygen atoms in total. The van der Waals surface area contributed by atoms with Gasteiger partial charge in [0.2, 0.25) is 5.91 Å². The van der Waals surface area contributed by atoms with E-state index in [0.717, 1.165) is 32.8 Å². The fourth-order valence-corrected chi connectivity index (χ4v) is 3.56. The predicted octanol–water partition coefficient (Wildman–Crippen LogP) is 0.148. The molecule has 1 fully saturated rings. The molecule has 0 radical (unpaired) electrons. The van der Waals surface area contributed by atoms with Gasteiger partial charge in [0.25, 0.3) is 5.91 Å². The third kappa shape index (κ3) is 5.75. The average molecular weight is 406 g/mol. The van der Waals surface area contributed by atoms with Crippen molar-refractivity contribution in [1.82, 2.24) is 9.88 Å². The first-order valence-corrected chi connectivity index (χ1v) is 10.1. The number of ether oxygens (including phenoxy) is 2. The third-order valence-electron chi connectivity index (χ3n) is 4.55. The Morgan fingerprint density at radius 2 is 2.18 bits per heavy atom. The van der Waals surface area contributed by atoms with Gasteiger partial charge in [-0.3, -0.25) is 9.59 Å². The molecular formula is C19H25N4O4S+. The second kappa shape index (κ2) is 10.2. The van der Waals surface area contributed by atoms with Crippen molar-refractivity contribution in [2.24, 2.45) is 0 Å². The van der Waals surface area contributed by atoms with Gasteiger partial charge < -0.3 is 24.6 Å². The van der Waals surface area contributed by atoms with Crippen LogP contribution in [-0.2, 0) is 9.53 Å². The number of aromatic nitrogens is 1. The average Bonchev–Trinajstić information content (AvgIpc) is 3.24. The maximum Gasteiger partial charge on any atom is 0.254 e. The first-order valence-electron chi connectivity index (χ1n) is 9.19. The molecule has 2 amide bonds. The van der Waals surface area contributed by atoms with Crippen molar-refractivity contribution < 1.29 is 24.0 Å². The van der Waals surface area contributed by atoms with E-state index in [1.54, 1.807) is 47.9 Å². The molecular weight excluding hydrogens is 380 g/mol. The zero-order valence-corrected chi connectivity index (χ0v) is 16.7. The smallest absolute Gasteiger partial charge is 0.254 e. The number of quaternary nitrogens is 1. The number of benzene rings is 1. The largest absolute Gasteiger partial charge is 0.497 e. The molecule has 1 aliphatic heterocycles. The minimum atomic E-state index is -0.261. The van der Waals surface area contributed by atoms with E-state index in [-0.39, 0.29) is 18.4 Å². The predicted molar refractivity (Wildman–Crippen MR) is 106 cm³/mol. The molecule has 28 heavy (non-hydrogen) atoms. The lowest BCUT2D eigenvalue weighted by molar-refractivity contribution is -0.907. The molecule has 2 heterocycles. The molecule has 0 unspecified atom stereocenters. The summed E-state index contributed by atoms with van der Waals surface area (Å²) in [5, 5.41) is 5.06. The van der Waals surface area contributed by atoms with E-state index in [2.05, 4.69) is 10.3 Å². The van der Waals surface area contributed by atoms with Crippen LogP contribution in [0.4, 0.5) is 5.13 Å². The fraction of sp³-hybridized carbons (Fsp3) is 0.421. The van der Waals surface area contributed by atoms with Crippen LogP contribution in [0.1, 0.15) is 10.4 Å². The number of nitrogens with zero attached hydrogens (tertiary/aromatic N) is 2. The van der Waals surface area contributed by atoms with Crippen LogP contribution >= 0.6 is 11.3 Å². The minimum absolute atomic E-state index is 0.0284. The molecule has 150 valence electrons. The highest BCUT2D eigenvalue weighted by atomic mass is 32.1. The van der Waals surface area contributed by atoms with Crippen molar-refractivity contribution >= 4 is 28.3 Å². The minimum Gasteiger partial charge on any atom is -0.497 e. The van der Waals surface area contributed by atoms with Gasteiger partial charge in [-0.05, 0) is 18.2 Å². The van der Waals surface area contributed by atoms with E-state index in [9.17, 15) is 9.59 Å². The number of hydrogen-bond acceptors (Lipinski definition) is 6. The molecule has 0 bridgehead atoms. The number of carbonyl (C=O) groups excluding carboxylic acids is 2. The molecule has 1 saturated heterocycles. The Morgan fingerprint density at radius 1 is 1.36 bits per heavy atom. The molecule has 0 saturated carbocycles. The zero-order valence-electron chi connectivity index (χ0n) is 15.8. The fourth-order valence-electron chi connectivity index (χ4n) is 3.01. The number of hydrogen-bond donors (Lipinski definition) is 2. The van der Waals surface area contributed by atoms with E-state index in [0.29, 0.717) is 23.0 Å². The normalized spacial score (nSPS) is 14.5. The maximum absolute atomic E-state index is 13.1. The molecule has 9 heteroatoms. The van der Waals surface area contributed by atoms with Crippen molar-refractivity contribution in [1.29, 1.82) is 0 Å². The highest BCUT2D eigenvalue weighted by Gasteiger charge is 2.22. The highest BCUT2D eigenvalue weighted by molar-refractivity contribution is 7.13. The van der Waals surface area contributed by atoms with E-state index < -0.39 is 0 Å². The number of anilines is 1. The summed E-state index contributed by atoms with van der Waals surface area (Å²) >= 11 is 1.34. The maximum atomic E-state index is 13.1. The van der Waals surface area contributed by atoms with Crippen LogP contribution in [0.2, 0.25) is 0 Å².